The highest BCUT2D eigenvalue weighted by Gasteiger charge is 2.20. The maximum Gasteiger partial charge on any atom is 0.326 e. The number of carboxylic acids is 1. The molecule has 132 valence electrons. The Morgan fingerprint density at radius 1 is 0.962 bits per heavy atom. The predicted octanol–water partition coefficient (Wildman–Crippen LogP) is 3.97. The summed E-state index contributed by atoms with van der Waals surface area (Å²) in [6.07, 6.45) is 0.210. The van der Waals surface area contributed by atoms with Gasteiger partial charge in [-0.05, 0) is 34.9 Å². The lowest BCUT2D eigenvalue weighted by molar-refractivity contribution is -0.139. The van der Waals surface area contributed by atoms with E-state index in [4.69, 9.17) is 0 Å². The second-order valence-corrected chi connectivity index (χ2v) is 6.19. The molecule has 2 amide bonds. The number of anilines is 1. The lowest BCUT2D eigenvalue weighted by atomic mass is 10.0. The average Bonchev–Trinajstić information content (AvgIpc) is 2.63. The summed E-state index contributed by atoms with van der Waals surface area (Å²) < 4.78 is 0. The number of aliphatic carboxylic acids is 1. The van der Waals surface area contributed by atoms with Crippen molar-refractivity contribution in [1.82, 2.24) is 5.32 Å². The van der Waals surface area contributed by atoms with Crippen LogP contribution in [0.4, 0.5) is 10.5 Å². The Bertz CT molecular complexity index is 953. The van der Waals surface area contributed by atoms with Gasteiger partial charge in [0.25, 0.3) is 0 Å². The van der Waals surface area contributed by atoms with Crippen molar-refractivity contribution in [2.45, 2.75) is 19.4 Å². The third-order valence-corrected chi connectivity index (χ3v) is 4.25. The number of fused-ring (bicyclic) bond motifs is 1. The quantitative estimate of drug-likeness (QED) is 0.653. The summed E-state index contributed by atoms with van der Waals surface area (Å²) in [7, 11) is 0. The van der Waals surface area contributed by atoms with Crippen LogP contribution in [-0.2, 0) is 11.2 Å². The van der Waals surface area contributed by atoms with Crippen LogP contribution in [0.25, 0.3) is 10.8 Å². The molecular formula is C21H20N2O3. The van der Waals surface area contributed by atoms with Gasteiger partial charge in [-0.25, -0.2) is 9.59 Å². The number of carboxylic acid groups (broad SMARTS) is 1. The smallest absolute Gasteiger partial charge is 0.326 e. The maximum atomic E-state index is 12.2. The van der Waals surface area contributed by atoms with E-state index in [0.717, 1.165) is 21.9 Å². The number of rotatable bonds is 5. The zero-order valence-corrected chi connectivity index (χ0v) is 14.4. The van der Waals surface area contributed by atoms with Crippen LogP contribution in [0.1, 0.15) is 11.1 Å². The van der Waals surface area contributed by atoms with Gasteiger partial charge < -0.3 is 15.7 Å². The second-order valence-electron chi connectivity index (χ2n) is 6.19. The third kappa shape index (κ3) is 4.19. The normalized spacial score (nSPS) is 11.7. The number of para-hydroxylation sites is 1. The zero-order chi connectivity index (χ0) is 18.5. The summed E-state index contributed by atoms with van der Waals surface area (Å²) >= 11 is 0. The molecule has 0 saturated carbocycles. The number of carbonyl (C=O) groups excluding carboxylic acids is 1. The molecule has 1 atom stereocenters. The molecule has 0 aromatic heterocycles. The summed E-state index contributed by atoms with van der Waals surface area (Å²) in [6, 6.07) is 19.5. The first-order chi connectivity index (χ1) is 12.5. The van der Waals surface area contributed by atoms with Crippen LogP contribution in [0, 0.1) is 6.92 Å². The summed E-state index contributed by atoms with van der Waals surface area (Å²) in [4.78, 5) is 23.8. The van der Waals surface area contributed by atoms with Crippen LogP contribution in [0.3, 0.4) is 0 Å². The van der Waals surface area contributed by atoms with E-state index in [1.807, 2.05) is 67.6 Å². The minimum atomic E-state index is -1.07. The van der Waals surface area contributed by atoms with Crippen LogP contribution in [-0.4, -0.2) is 23.1 Å². The largest absolute Gasteiger partial charge is 0.480 e. The van der Waals surface area contributed by atoms with Gasteiger partial charge in [-0.2, -0.15) is 0 Å². The van der Waals surface area contributed by atoms with Crippen molar-refractivity contribution in [2.75, 3.05) is 5.32 Å². The highest BCUT2D eigenvalue weighted by molar-refractivity contribution is 5.93. The number of urea groups is 1. The van der Waals surface area contributed by atoms with E-state index in [2.05, 4.69) is 10.6 Å². The van der Waals surface area contributed by atoms with Gasteiger partial charge in [-0.3, -0.25) is 0 Å². The molecule has 0 bridgehead atoms. The van der Waals surface area contributed by atoms with Crippen LogP contribution in [0.5, 0.6) is 0 Å². The molecule has 0 spiro atoms. The predicted molar refractivity (Wildman–Crippen MR) is 102 cm³/mol. The van der Waals surface area contributed by atoms with Crippen molar-refractivity contribution >= 4 is 28.5 Å². The highest BCUT2D eigenvalue weighted by atomic mass is 16.4. The van der Waals surface area contributed by atoms with Gasteiger partial charge in [-0.15, -0.1) is 0 Å². The van der Waals surface area contributed by atoms with Gasteiger partial charge in [0.05, 0.1) is 0 Å². The number of carbonyl (C=O) groups is 2. The molecule has 1 unspecified atom stereocenters. The summed E-state index contributed by atoms with van der Waals surface area (Å²) in [5, 5.41) is 16.8. The Morgan fingerprint density at radius 2 is 1.65 bits per heavy atom. The zero-order valence-electron chi connectivity index (χ0n) is 14.4. The van der Waals surface area contributed by atoms with Gasteiger partial charge in [-0.1, -0.05) is 60.7 Å². The molecule has 3 rings (SSSR count). The summed E-state index contributed by atoms with van der Waals surface area (Å²) in [6.45, 7) is 1.87. The molecule has 0 aliphatic heterocycles. The fraction of sp³-hybridized carbons (Fsp3) is 0.143. The molecule has 0 fully saturated rings. The molecular weight excluding hydrogens is 328 g/mol. The molecule has 3 aromatic carbocycles. The van der Waals surface area contributed by atoms with Crippen LogP contribution >= 0.6 is 0 Å². The fourth-order valence-corrected chi connectivity index (χ4v) is 2.83. The summed E-state index contributed by atoms with van der Waals surface area (Å²) in [5.74, 6) is -1.07. The maximum absolute atomic E-state index is 12.2. The van der Waals surface area contributed by atoms with Gasteiger partial charge in [0.1, 0.15) is 6.04 Å². The monoisotopic (exact) mass is 348 g/mol. The van der Waals surface area contributed by atoms with Crippen LogP contribution in [0.2, 0.25) is 0 Å². The lowest BCUT2D eigenvalue weighted by Crippen LogP contribution is -2.44. The van der Waals surface area contributed by atoms with E-state index < -0.39 is 18.0 Å². The fourth-order valence-electron chi connectivity index (χ4n) is 2.83. The topological polar surface area (TPSA) is 78.4 Å². The number of benzene rings is 3. The molecule has 3 aromatic rings. The van der Waals surface area contributed by atoms with Crippen molar-refractivity contribution in [3.05, 3.63) is 77.9 Å². The number of hydrogen-bond donors (Lipinski definition) is 3. The van der Waals surface area contributed by atoms with E-state index in [-0.39, 0.29) is 6.42 Å². The Morgan fingerprint density at radius 3 is 2.38 bits per heavy atom. The van der Waals surface area contributed by atoms with Crippen molar-refractivity contribution in [3.8, 4) is 0 Å². The van der Waals surface area contributed by atoms with Gasteiger partial charge in [0.15, 0.2) is 0 Å². The molecule has 5 nitrogen and oxygen atoms in total. The Kier molecular flexibility index (Phi) is 5.17. The van der Waals surface area contributed by atoms with Crippen LogP contribution in [0.15, 0.2) is 66.7 Å². The first-order valence-electron chi connectivity index (χ1n) is 8.36. The third-order valence-electron chi connectivity index (χ3n) is 4.25. The van der Waals surface area contributed by atoms with E-state index >= 15 is 0 Å². The SMILES string of the molecule is Cc1ccccc1NC(=O)NC(Cc1ccc2ccccc2c1)C(=O)O. The number of aryl methyl sites for hydroxylation is 1. The van der Waals surface area contributed by atoms with E-state index in [1.165, 1.54) is 0 Å². The van der Waals surface area contributed by atoms with Crippen molar-refractivity contribution < 1.29 is 14.7 Å². The van der Waals surface area contributed by atoms with Gasteiger partial charge >= 0.3 is 12.0 Å². The van der Waals surface area contributed by atoms with Crippen molar-refractivity contribution in [3.63, 3.8) is 0 Å². The average molecular weight is 348 g/mol. The standard InChI is InChI=1S/C21H20N2O3/c1-14-6-2-5-9-18(14)22-21(26)23-19(20(24)25)13-15-10-11-16-7-3-4-8-17(16)12-15/h2-12,19H,13H2,1H3,(H,24,25)(H2,22,23,26). The minimum absolute atomic E-state index is 0.210. The molecule has 0 radical (unpaired) electrons. The van der Waals surface area contributed by atoms with E-state index in [9.17, 15) is 14.7 Å². The molecule has 0 aliphatic carbocycles. The molecule has 0 heterocycles. The molecule has 5 heteroatoms. The lowest BCUT2D eigenvalue weighted by Gasteiger charge is -2.16. The first-order valence-corrected chi connectivity index (χ1v) is 8.36. The van der Waals surface area contributed by atoms with Gasteiger partial charge in [0, 0.05) is 12.1 Å². The van der Waals surface area contributed by atoms with E-state index in [1.54, 1.807) is 6.07 Å². The molecule has 26 heavy (non-hydrogen) atoms. The number of amides is 2. The van der Waals surface area contributed by atoms with Gasteiger partial charge in [0.2, 0.25) is 0 Å². The molecule has 0 saturated heterocycles. The van der Waals surface area contributed by atoms with E-state index in [0.29, 0.717) is 5.69 Å². The summed E-state index contributed by atoms with van der Waals surface area (Å²) in [5.41, 5.74) is 2.41. The number of nitrogens with one attached hydrogen (secondary N) is 2. The Balaban J connectivity index is 1.71. The van der Waals surface area contributed by atoms with Crippen molar-refractivity contribution in [2.24, 2.45) is 0 Å². The molecule has 0 aliphatic rings. The Hall–Kier alpha value is -3.34. The molecule has 3 N–H and O–H groups in total. The minimum Gasteiger partial charge on any atom is -0.480 e. The Labute approximate surface area is 151 Å². The van der Waals surface area contributed by atoms with Crippen LogP contribution < -0.4 is 10.6 Å². The first kappa shape index (κ1) is 17.5. The highest BCUT2D eigenvalue weighted by Crippen LogP contribution is 2.17. The second kappa shape index (κ2) is 7.70. The number of hydrogen-bond acceptors (Lipinski definition) is 2. The van der Waals surface area contributed by atoms with Crippen molar-refractivity contribution in [1.29, 1.82) is 0 Å².